The monoisotopic (exact) mass is 365 g/mol. The minimum Gasteiger partial charge on any atom is -0.353 e. The third kappa shape index (κ3) is 4.73. The largest absolute Gasteiger partial charge is 0.353 e. The molecule has 2 aromatic rings. The molecule has 3 amide bonds. The Morgan fingerprint density at radius 2 is 1.81 bits per heavy atom. The summed E-state index contributed by atoms with van der Waals surface area (Å²) in [7, 11) is 0. The first-order chi connectivity index (χ1) is 13.0. The van der Waals surface area contributed by atoms with Gasteiger partial charge < -0.3 is 15.5 Å². The van der Waals surface area contributed by atoms with E-state index in [4.69, 9.17) is 0 Å². The number of amides is 3. The maximum Gasteiger partial charge on any atom is 0.243 e. The van der Waals surface area contributed by atoms with Crippen LogP contribution in [-0.4, -0.2) is 41.8 Å². The van der Waals surface area contributed by atoms with Gasteiger partial charge in [-0.15, -0.1) is 0 Å². The van der Waals surface area contributed by atoms with Crippen molar-refractivity contribution in [1.82, 2.24) is 10.2 Å². The number of nitrogens with zero attached hydrogens (tertiary/aromatic N) is 1. The molecule has 0 aromatic heterocycles. The highest BCUT2D eigenvalue weighted by molar-refractivity contribution is 6.05. The van der Waals surface area contributed by atoms with Gasteiger partial charge in [-0.2, -0.15) is 0 Å². The Hall–Kier alpha value is -3.15. The van der Waals surface area contributed by atoms with E-state index in [0.29, 0.717) is 25.2 Å². The quantitative estimate of drug-likeness (QED) is 0.795. The zero-order valence-electron chi connectivity index (χ0n) is 15.3. The van der Waals surface area contributed by atoms with Gasteiger partial charge >= 0.3 is 0 Å². The number of rotatable bonds is 5. The Morgan fingerprint density at radius 1 is 1.11 bits per heavy atom. The molecule has 0 spiro atoms. The molecule has 0 radical (unpaired) electrons. The lowest BCUT2D eigenvalue weighted by Crippen LogP contribution is -2.58. The van der Waals surface area contributed by atoms with Gasteiger partial charge in [0.1, 0.15) is 12.5 Å². The summed E-state index contributed by atoms with van der Waals surface area (Å²) in [4.78, 5) is 38.9. The van der Waals surface area contributed by atoms with Gasteiger partial charge in [-0.25, -0.2) is 0 Å². The van der Waals surface area contributed by atoms with E-state index < -0.39 is 6.04 Å². The number of carbonyl (C=O) groups is 3. The molecule has 1 saturated heterocycles. The number of carbonyl (C=O) groups excluding carboxylic acids is 3. The second-order valence-corrected chi connectivity index (χ2v) is 6.62. The van der Waals surface area contributed by atoms with Crippen LogP contribution < -0.4 is 10.6 Å². The van der Waals surface area contributed by atoms with Crippen molar-refractivity contribution in [3.05, 3.63) is 65.7 Å². The van der Waals surface area contributed by atoms with E-state index in [0.717, 1.165) is 11.1 Å². The number of hydrogen-bond donors (Lipinski definition) is 2. The molecule has 3 rings (SSSR count). The van der Waals surface area contributed by atoms with Crippen molar-refractivity contribution in [2.75, 3.05) is 18.4 Å². The fraction of sp³-hybridized carbons (Fsp3) is 0.286. The van der Waals surface area contributed by atoms with Gasteiger partial charge in [-0.1, -0.05) is 48.5 Å². The summed E-state index contributed by atoms with van der Waals surface area (Å²) in [5, 5.41) is 5.57. The summed E-state index contributed by atoms with van der Waals surface area (Å²) >= 11 is 0. The van der Waals surface area contributed by atoms with Crippen LogP contribution >= 0.6 is 0 Å². The summed E-state index contributed by atoms with van der Waals surface area (Å²) in [5.74, 6) is -0.895. The molecule has 140 valence electrons. The molecule has 0 aliphatic carbocycles. The molecule has 1 atom stereocenters. The summed E-state index contributed by atoms with van der Waals surface area (Å²) in [6.07, 6.45) is 0.144. The number of nitrogens with one attached hydrogen (secondary N) is 2. The second kappa shape index (κ2) is 8.49. The third-order valence-corrected chi connectivity index (χ3v) is 4.65. The smallest absolute Gasteiger partial charge is 0.243 e. The molecule has 27 heavy (non-hydrogen) atoms. The molecule has 0 bridgehead atoms. The van der Waals surface area contributed by atoms with E-state index in [1.165, 1.54) is 4.90 Å². The highest BCUT2D eigenvalue weighted by Crippen LogP contribution is 2.16. The van der Waals surface area contributed by atoms with Crippen LogP contribution in [0.3, 0.4) is 0 Å². The van der Waals surface area contributed by atoms with Crippen molar-refractivity contribution in [3.63, 3.8) is 0 Å². The van der Waals surface area contributed by atoms with E-state index in [1.54, 1.807) is 6.07 Å². The maximum atomic E-state index is 12.7. The van der Waals surface area contributed by atoms with Crippen molar-refractivity contribution in [1.29, 1.82) is 0 Å². The van der Waals surface area contributed by atoms with Crippen LogP contribution in [0, 0.1) is 6.92 Å². The van der Waals surface area contributed by atoms with Crippen LogP contribution in [0.2, 0.25) is 0 Å². The Balaban J connectivity index is 1.66. The summed E-state index contributed by atoms with van der Waals surface area (Å²) < 4.78 is 0. The molecule has 1 fully saturated rings. The highest BCUT2D eigenvalue weighted by Gasteiger charge is 2.33. The topological polar surface area (TPSA) is 78.5 Å². The Labute approximate surface area is 158 Å². The Kier molecular flexibility index (Phi) is 5.86. The fourth-order valence-electron chi connectivity index (χ4n) is 3.20. The number of benzene rings is 2. The van der Waals surface area contributed by atoms with E-state index in [2.05, 4.69) is 10.6 Å². The third-order valence-electron chi connectivity index (χ3n) is 4.65. The number of hydrogen-bond acceptors (Lipinski definition) is 3. The molecule has 6 heteroatoms. The van der Waals surface area contributed by atoms with E-state index in [-0.39, 0.29) is 24.1 Å². The Bertz CT molecular complexity index is 836. The number of piperazine rings is 1. The summed E-state index contributed by atoms with van der Waals surface area (Å²) in [6.45, 7) is 2.69. The van der Waals surface area contributed by atoms with Crippen molar-refractivity contribution in [2.45, 2.75) is 25.8 Å². The average Bonchev–Trinajstić information content (AvgIpc) is 2.66. The van der Waals surface area contributed by atoms with Gasteiger partial charge in [0.25, 0.3) is 0 Å². The number of para-hydroxylation sites is 1. The maximum absolute atomic E-state index is 12.7. The van der Waals surface area contributed by atoms with Crippen LogP contribution in [0.5, 0.6) is 0 Å². The minimum atomic E-state index is -0.597. The molecular formula is C21H23N3O3. The predicted octanol–water partition coefficient (Wildman–Crippen LogP) is 1.89. The summed E-state index contributed by atoms with van der Waals surface area (Å²) in [6, 6.07) is 16.4. The predicted molar refractivity (Wildman–Crippen MR) is 103 cm³/mol. The molecule has 1 aliphatic heterocycles. The van der Waals surface area contributed by atoms with Crippen LogP contribution in [0.4, 0.5) is 5.69 Å². The van der Waals surface area contributed by atoms with Gasteiger partial charge in [0.15, 0.2) is 0 Å². The van der Waals surface area contributed by atoms with Crippen molar-refractivity contribution >= 4 is 23.4 Å². The zero-order chi connectivity index (χ0) is 19.2. The lowest BCUT2D eigenvalue weighted by Gasteiger charge is -2.35. The molecular weight excluding hydrogens is 342 g/mol. The molecule has 0 saturated carbocycles. The van der Waals surface area contributed by atoms with Crippen LogP contribution in [0.1, 0.15) is 17.5 Å². The zero-order valence-corrected chi connectivity index (χ0v) is 15.3. The van der Waals surface area contributed by atoms with Gasteiger partial charge in [0, 0.05) is 25.2 Å². The second-order valence-electron chi connectivity index (χ2n) is 6.62. The lowest BCUT2D eigenvalue weighted by molar-refractivity contribution is -0.144. The fourth-order valence-corrected chi connectivity index (χ4v) is 3.20. The highest BCUT2D eigenvalue weighted by atomic mass is 16.2. The van der Waals surface area contributed by atoms with Gasteiger partial charge in [-0.3, -0.25) is 14.4 Å². The van der Waals surface area contributed by atoms with E-state index in [1.807, 2.05) is 55.5 Å². The van der Waals surface area contributed by atoms with Gasteiger partial charge in [0.2, 0.25) is 17.7 Å². The normalized spacial score (nSPS) is 16.6. The number of aryl methyl sites for hydroxylation is 1. The van der Waals surface area contributed by atoms with Crippen LogP contribution in [0.25, 0.3) is 0 Å². The molecule has 6 nitrogen and oxygen atoms in total. The Morgan fingerprint density at radius 3 is 2.56 bits per heavy atom. The van der Waals surface area contributed by atoms with Crippen molar-refractivity contribution in [2.24, 2.45) is 0 Å². The van der Waals surface area contributed by atoms with E-state index in [9.17, 15) is 14.4 Å². The average molecular weight is 365 g/mol. The van der Waals surface area contributed by atoms with Crippen LogP contribution in [-0.2, 0) is 20.8 Å². The first-order valence-electron chi connectivity index (χ1n) is 9.01. The van der Waals surface area contributed by atoms with Crippen LogP contribution in [0.15, 0.2) is 54.6 Å². The first kappa shape index (κ1) is 18.6. The first-order valence-corrected chi connectivity index (χ1v) is 9.01. The van der Waals surface area contributed by atoms with E-state index >= 15 is 0 Å². The molecule has 1 heterocycles. The minimum absolute atomic E-state index is 0.183. The van der Waals surface area contributed by atoms with Crippen molar-refractivity contribution in [3.8, 4) is 0 Å². The van der Waals surface area contributed by atoms with Crippen molar-refractivity contribution < 1.29 is 14.4 Å². The molecule has 2 N–H and O–H groups in total. The number of anilines is 1. The molecule has 1 aliphatic rings. The molecule has 2 aromatic carbocycles. The summed E-state index contributed by atoms with van der Waals surface area (Å²) in [5.41, 5.74) is 2.59. The van der Waals surface area contributed by atoms with Gasteiger partial charge in [-0.05, 0) is 24.1 Å². The molecule has 1 unspecified atom stereocenters. The lowest BCUT2D eigenvalue weighted by atomic mass is 10.0. The SMILES string of the molecule is Cc1ccccc1NC(=O)CC(=O)N1CCNC(=O)C1Cc1ccccc1. The standard InChI is InChI=1S/C21H23N3O3/c1-15-7-5-6-10-17(15)23-19(25)14-20(26)24-12-11-22-21(27)18(24)13-16-8-3-2-4-9-16/h2-10,18H,11-14H2,1H3,(H,22,27)(H,23,25). The van der Waals surface area contributed by atoms with Gasteiger partial charge in [0.05, 0.1) is 0 Å².